The van der Waals surface area contributed by atoms with Gasteiger partial charge < -0.3 is 14.5 Å². The Morgan fingerprint density at radius 3 is 2.47 bits per heavy atom. The number of piperidine rings is 1. The second kappa shape index (κ2) is 4.55. The van der Waals surface area contributed by atoms with Crippen LogP contribution in [0.25, 0.3) is 0 Å². The van der Waals surface area contributed by atoms with E-state index in [2.05, 4.69) is 9.97 Å². The molecule has 0 bridgehead atoms. The molecule has 0 unspecified atom stereocenters. The largest absolute Gasteiger partial charge is 0.347 e. The fourth-order valence-electron chi connectivity index (χ4n) is 2.52. The number of sulfonamides is 1. The first-order valence-electron chi connectivity index (χ1n) is 6.32. The Balaban J connectivity index is 1.74. The molecular weight excluding hydrogens is 270 g/mol. The van der Waals surface area contributed by atoms with Crippen molar-refractivity contribution >= 4 is 10.0 Å². The molecule has 106 valence electrons. The SMILES string of the molecule is Cc1ncc(S(=O)(=O)N2CCC3(CC2)OCCO3)[nH]1. The number of ether oxygens (including phenoxy) is 2. The molecule has 2 fully saturated rings. The molecule has 1 N–H and O–H groups in total. The van der Waals surface area contributed by atoms with Gasteiger partial charge in [0.25, 0.3) is 10.0 Å². The van der Waals surface area contributed by atoms with Gasteiger partial charge in [-0.15, -0.1) is 0 Å². The third-order valence-corrected chi connectivity index (χ3v) is 5.40. The number of nitrogens with zero attached hydrogens (tertiary/aromatic N) is 2. The van der Waals surface area contributed by atoms with Crippen LogP contribution in [0.3, 0.4) is 0 Å². The third-order valence-electron chi connectivity index (χ3n) is 3.60. The van der Waals surface area contributed by atoms with Crippen molar-refractivity contribution in [2.24, 2.45) is 0 Å². The summed E-state index contributed by atoms with van der Waals surface area (Å²) >= 11 is 0. The normalized spacial score (nSPS) is 24.1. The zero-order valence-electron chi connectivity index (χ0n) is 10.8. The van der Waals surface area contributed by atoms with E-state index in [1.54, 1.807) is 6.92 Å². The zero-order valence-corrected chi connectivity index (χ0v) is 11.6. The van der Waals surface area contributed by atoms with Crippen LogP contribution in [-0.4, -0.2) is 54.8 Å². The van der Waals surface area contributed by atoms with Crippen LogP contribution in [0.5, 0.6) is 0 Å². The van der Waals surface area contributed by atoms with Crippen molar-refractivity contribution in [1.29, 1.82) is 0 Å². The lowest BCUT2D eigenvalue weighted by molar-refractivity contribution is -0.179. The van der Waals surface area contributed by atoms with Crippen molar-refractivity contribution in [1.82, 2.24) is 14.3 Å². The molecule has 1 aromatic heterocycles. The van der Waals surface area contributed by atoms with Crippen LogP contribution in [0.4, 0.5) is 0 Å². The Hall–Kier alpha value is -0.960. The fraction of sp³-hybridized carbons (Fsp3) is 0.727. The highest BCUT2D eigenvalue weighted by Gasteiger charge is 2.42. The van der Waals surface area contributed by atoms with Gasteiger partial charge in [0.15, 0.2) is 10.8 Å². The van der Waals surface area contributed by atoms with Crippen LogP contribution in [0.2, 0.25) is 0 Å². The molecule has 1 spiro atoms. The van der Waals surface area contributed by atoms with Crippen LogP contribution >= 0.6 is 0 Å². The molecule has 1 aromatic rings. The van der Waals surface area contributed by atoms with Crippen molar-refractivity contribution in [3.05, 3.63) is 12.0 Å². The van der Waals surface area contributed by atoms with Gasteiger partial charge in [0.05, 0.1) is 19.4 Å². The second-order valence-electron chi connectivity index (χ2n) is 4.84. The van der Waals surface area contributed by atoms with Gasteiger partial charge in [-0.1, -0.05) is 0 Å². The molecule has 0 amide bonds. The summed E-state index contributed by atoms with van der Waals surface area (Å²) in [6.45, 7) is 3.71. The first-order valence-corrected chi connectivity index (χ1v) is 7.76. The summed E-state index contributed by atoms with van der Waals surface area (Å²) in [5, 5.41) is 0.147. The minimum atomic E-state index is -3.48. The number of hydrogen-bond acceptors (Lipinski definition) is 5. The molecule has 0 aliphatic carbocycles. The summed E-state index contributed by atoms with van der Waals surface area (Å²) in [7, 11) is -3.48. The van der Waals surface area contributed by atoms with Crippen LogP contribution in [-0.2, 0) is 19.5 Å². The van der Waals surface area contributed by atoms with Gasteiger partial charge in [-0.3, -0.25) is 0 Å². The van der Waals surface area contributed by atoms with E-state index in [4.69, 9.17) is 9.47 Å². The molecule has 8 heteroatoms. The molecule has 2 aliphatic rings. The molecule has 19 heavy (non-hydrogen) atoms. The molecule has 0 radical (unpaired) electrons. The molecule has 2 saturated heterocycles. The lowest BCUT2D eigenvalue weighted by Gasteiger charge is -2.36. The molecule has 0 aromatic carbocycles. The van der Waals surface area contributed by atoms with Crippen molar-refractivity contribution < 1.29 is 17.9 Å². The molecule has 0 atom stereocenters. The Labute approximate surface area is 112 Å². The van der Waals surface area contributed by atoms with E-state index in [1.807, 2.05) is 0 Å². The van der Waals surface area contributed by atoms with E-state index >= 15 is 0 Å². The number of H-pyrrole nitrogens is 1. The number of aromatic amines is 1. The molecule has 0 saturated carbocycles. The maximum atomic E-state index is 12.4. The Morgan fingerprint density at radius 2 is 1.95 bits per heavy atom. The van der Waals surface area contributed by atoms with E-state index in [0.29, 0.717) is 45.0 Å². The lowest BCUT2D eigenvalue weighted by Crippen LogP contribution is -2.47. The maximum Gasteiger partial charge on any atom is 0.260 e. The van der Waals surface area contributed by atoms with Crippen LogP contribution < -0.4 is 0 Å². The van der Waals surface area contributed by atoms with Crippen molar-refractivity contribution in [3.8, 4) is 0 Å². The van der Waals surface area contributed by atoms with E-state index in [-0.39, 0.29) is 5.03 Å². The van der Waals surface area contributed by atoms with Crippen LogP contribution in [0.1, 0.15) is 18.7 Å². The van der Waals surface area contributed by atoms with E-state index in [9.17, 15) is 8.42 Å². The van der Waals surface area contributed by atoms with Crippen molar-refractivity contribution in [2.45, 2.75) is 30.6 Å². The minimum Gasteiger partial charge on any atom is -0.347 e. The lowest BCUT2D eigenvalue weighted by atomic mass is 10.1. The van der Waals surface area contributed by atoms with Gasteiger partial charge in [0.2, 0.25) is 0 Å². The van der Waals surface area contributed by atoms with Crippen LogP contribution in [0.15, 0.2) is 11.2 Å². The van der Waals surface area contributed by atoms with Crippen molar-refractivity contribution in [2.75, 3.05) is 26.3 Å². The van der Waals surface area contributed by atoms with Gasteiger partial charge in [-0.05, 0) is 6.92 Å². The van der Waals surface area contributed by atoms with Gasteiger partial charge >= 0.3 is 0 Å². The summed E-state index contributed by atoms with van der Waals surface area (Å²) in [6, 6.07) is 0. The minimum absolute atomic E-state index is 0.147. The van der Waals surface area contributed by atoms with Gasteiger partial charge in [-0.2, -0.15) is 4.31 Å². The number of nitrogens with one attached hydrogen (secondary N) is 1. The predicted molar refractivity (Wildman–Crippen MR) is 66.0 cm³/mol. The van der Waals surface area contributed by atoms with E-state index < -0.39 is 15.8 Å². The maximum absolute atomic E-state index is 12.4. The van der Waals surface area contributed by atoms with Crippen molar-refractivity contribution in [3.63, 3.8) is 0 Å². The fourth-order valence-corrected chi connectivity index (χ4v) is 3.93. The Bertz CT molecular complexity index is 552. The first-order chi connectivity index (χ1) is 9.02. The quantitative estimate of drug-likeness (QED) is 0.842. The smallest absolute Gasteiger partial charge is 0.260 e. The average Bonchev–Trinajstić information content (AvgIpc) is 3.00. The number of hydrogen-bond donors (Lipinski definition) is 1. The van der Waals surface area contributed by atoms with Crippen LogP contribution in [0, 0.1) is 6.92 Å². The third kappa shape index (κ3) is 2.29. The molecule has 7 nitrogen and oxygen atoms in total. The summed E-state index contributed by atoms with van der Waals surface area (Å²) in [4.78, 5) is 6.71. The number of aryl methyl sites for hydroxylation is 1. The monoisotopic (exact) mass is 287 g/mol. The highest BCUT2D eigenvalue weighted by Crippen LogP contribution is 2.33. The second-order valence-corrected chi connectivity index (χ2v) is 6.75. The molecule has 2 aliphatic heterocycles. The van der Waals surface area contributed by atoms with Gasteiger partial charge in [0.1, 0.15) is 5.82 Å². The highest BCUT2D eigenvalue weighted by atomic mass is 32.2. The Morgan fingerprint density at radius 1 is 1.32 bits per heavy atom. The first kappa shape index (κ1) is 13.0. The zero-order chi connectivity index (χ0) is 13.5. The molecule has 3 rings (SSSR count). The number of rotatable bonds is 2. The predicted octanol–water partition coefficient (Wildman–Crippen LogP) is 0.246. The summed E-state index contributed by atoms with van der Waals surface area (Å²) in [6.07, 6.45) is 2.50. The standard InChI is InChI=1S/C11H17N3O4S/c1-9-12-8-10(13-9)19(15,16)14-4-2-11(3-5-14)17-6-7-18-11/h8H,2-7H2,1H3,(H,12,13). The molecular formula is C11H17N3O4S. The number of imidazole rings is 1. The highest BCUT2D eigenvalue weighted by molar-refractivity contribution is 7.89. The topological polar surface area (TPSA) is 84.5 Å². The number of aromatic nitrogens is 2. The summed E-state index contributed by atoms with van der Waals surface area (Å²) in [5.74, 6) is 0.0325. The molecule has 3 heterocycles. The van der Waals surface area contributed by atoms with Gasteiger partial charge in [-0.25, -0.2) is 13.4 Å². The van der Waals surface area contributed by atoms with E-state index in [0.717, 1.165) is 0 Å². The van der Waals surface area contributed by atoms with E-state index in [1.165, 1.54) is 10.5 Å². The average molecular weight is 287 g/mol. The Kier molecular flexibility index (Phi) is 3.12. The summed E-state index contributed by atoms with van der Waals surface area (Å²) in [5.41, 5.74) is 0. The summed E-state index contributed by atoms with van der Waals surface area (Å²) < 4.78 is 37.4. The van der Waals surface area contributed by atoms with Gasteiger partial charge in [0, 0.05) is 25.9 Å².